The normalized spacial score (nSPS) is 36.4. The Morgan fingerprint density at radius 2 is 1.39 bits per heavy atom. The molecule has 1 heterocycles. The highest BCUT2D eigenvalue weighted by Crippen LogP contribution is 2.30. The van der Waals surface area contributed by atoms with Gasteiger partial charge in [-0.25, -0.2) is 0 Å². The number of rotatable bonds is 7. The van der Waals surface area contributed by atoms with E-state index in [9.17, 15) is 0 Å². The monoisotopic (exact) mass is 323 g/mol. The molecule has 0 atom stereocenters. The van der Waals surface area contributed by atoms with E-state index in [1.54, 1.807) is 0 Å². The van der Waals surface area contributed by atoms with Crippen molar-refractivity contribution in [2.75, 3.05) is 32.8 Å². The maximum absolute atomic E-state index is 6.23. The third-order valence-electron chi connectivity index (χ3n) is 6.28. The molecule has 0 aromatic heterocycles. The van der Waals surface area contributed by atoms with Gasteiger partial charge in [0.2, 0.25) is 0 Å². The molecule has 3 heteroatoms. The smallest absolute Gasteiger partial charge is 0.0597 e. The number of ether oxygens (including phenoxy) is 2. The number of hydrogen-bond acceptors (Lipinski definition) is 3. The van der Waals surface area contributed by atoms with E-state index >= 15 is 0 Å². The highest BCUT2D eigenvalue weighted by Gasteiger charge is 2.24. The lowest BCUT2D eigenvalue weighted by Gasteiger charge is -2.31. The van der Waals surface area contributed by atoms with Gasteiger partial charge in [0.15, 0.2) is 0 Å². The van der Waals surface area contributed by atoms with Crippen LogP contribution in [0.3, 0.4) is 0 Å². The van der Waals surface area contributed by atoms with Crippen molar-refractivity contribution in [2.24, 2.45) is 11.8 Å². The van der Waals surface area contributed by atoms with E-state index in [1.165, 1.54) is 77.3 Å². The highest BCUT2D eigenvalue weighted by atomic mass is 16.5. The van der Waals surface area contributed by atoms with E-state index in [0.29, 0.717) is 12.2 Å². The molecule has 2 saturated carbocycles. The maximum Gasteiger partial charge on any atom is 0.0597 e. The summed E-state index contributed by atoms with van der Waals surface area (Å²) < 4.78 is 12.3. The Morgan fingerprint density at radius 3 is 2.04 bits per heavy atom. The molecule has 0 bridgehead atoms. The summed E-state index contributed by atoms with van der Waals surface area (Å²) in [4.78, 5) is 2.54. The van der Waals surface area contributed by atoms with Crippen LogP contribution >= 0.6 is 0 Å². The lowest BCUT2D eigenvalue weighted by Crippen LogP contribution is -2.31. The van der Waals surface area contributed by atoms with E-state index in [1.807, 2.05) is 0 Å². The van der Waals surface area contributed by atoms with Crippen molar-refractivity contribution in [3.63, 3.8) is 0 Å². The fourth-order valence-electron chi connectivity index (χ4n) is 4.49. The van der Waals surface area contributed by atoms with Crippen LogP contribution in [0.4, 0.5) is 0 Å². The van der Waals surface area contributed by atoms with Crippen molar-refractivity contribution in [2.45, 2.75) is 83.3 Å². The van der Waals surface area contributed by atoms with Crippen LogP contribution in [0.5, 0.6) is 0 Å². The van der Waals surface area contributed by atoms with Crippen LogP contribution in [-0.2, 0) is 9.47 Å². The molecule has 0 aromatic rings. The quantitative estimate of drug-likeness (QED) is 0.699. The molecular weight excluding hydrogens is 286 g/mol. The lowest BCUT2D eigenvalue weighted by atomic mass is 9.83. The second-order valence-corrected chi connectivity index (χ2v) is 8.28. The molecule has 0 spiro atoms. The molecule has 3 nitrogen and oxygen atoms in total. The average molecular weight is 324 g/mol. The first-order chi connectivity index (χ1) is 11.3. The standard InChI is InChI=1S/C20H37NO2/c1-17-4-6-18(7-5-17)16-23-20-10-8-19(9-11-20)22-15-14-21-12-2-3-13-21/h17-20H,2-16H2,1H3. The molecule has 0 radical (unpaired) electrons. The van der Waals surface area contributed by atoms with Gasteiger partial charge in [0.05, 0.1) is 18.8 Å². The first kappa shape index (κ1) is 17.7. The number of hydrogen-bond donors (Lipinski definition) is 0. The van der Waals surface area contributed by atoms with Gasteiger partial charge >= 0.3 is 0 Å². The zero-order chi connectivity index (χ0) is 15.9. The number of nitrogens with zero attached hydrogens (tertiary/aromatic N) is 1. The Hall–Kier alpha value is -0.120. The first-order valence-corrected chi connectivity index (χ1v) is 10.2. The van der Waals surface area contributed by atoms with Gasteiger partial charge in [-0.1, -0.05) is 19.8 Å². The minimum absolute atomic E-state index is 0.494. The van der Waals surface area contributed by atoms with Gasteiger partial charge < -0.3 is 14.4 Å². The summed E-state index contributed by atoms with van der Waals surface area (Å²) in [6.07, 6.45) is 14.2. The van der Waals surface area contributed by atoms with Crippen molar-refractivity contribution in [1.82, 2.24) is 4.90 Å². The summed E-state index contributed by atoms with van der Waals surface area (Å²) in [5.74, 6) is 1.78. The molecular formula is C20H37NO2. The summed E-state index contributed by atoms with van der Waals surface area (Å²) in [6, 6.07) is 0. The number of likely N-dealkylation sites (tertiary alicyclic amines) is 1. The minimum Gasteiger partial charge on any atom is -0.378 e. The second kappa shape index (κ2) is 9.39. The molecule has 3 fully saturated rings. The Bertz CT molecular complexity index is 314. The van der Waals surface area contributed by atoms with Crippen molar-refractivity contribution >= 4 is 0 Å². The van der Waals surface area contributed by atoms with Crippen LogP contribution < -0.4 is 0 Å². The topological polar surface area (TPSA) is 21.7 Å². The van der Waals surface area contributed by atoms with Crippen molar-refractivity contribution < 1.29 is 9.47 Å². The van der Waals surface area contributed by atoms with Crippen LogP contribution in [0.2, 0.25) is 0 Å². The maximum atomic E-state index is 6.23. The predicted octanol–water partition coefficient (Wildman–Crippen LogP) is 4.25. The fraction of sp³-hybridized carbons (Fsp3) is 1.00. The summed E-state index contributed by atoms with van der Waals surface area (Å²) in [7, 11) is 0. The molecule has 2 aliphatic carbocycles. The Balaban J connectivity index is 1.22. The van der Waals surface area contributed by atoms with E-state index in [2.05, 4.69) is 11.8 Å². The second-order valence-electron chi connectivity index (χ2n) is 8.28. The van der Waals surface area contributed by atoms with Crippen LogP contribution in [0.25, 0.3) is 0 Å². The molecule has 3 rings (SSSR count). The van der Waals surface area contributed by atoms with Gasteiger partial charge in [-0.05, 0) is 76.3 Å². The third-order valence-corrected chi connectivity index (χ3v) is 6.28. The molecule has 1 saturated heterocycles. The Morgan fingerprint density at radius 1 is 0.783 bits per heavy atom. The summed E-state index contributed by atoms with van der Waals surface area (Å²) in [6.45, 7) is 8.03. The van der Waals surface area contributed by atoms with E-state index in [4.69, 9.17) is 9.47 Å². The van der Waals surface area contributed by atoms with Crippen LogP contribution in [0.15, 0.2) is 0 Å². The summed E-state index contributed by atoms with van der Waals surface area (Å²) >= 11 is 0. The molecule has 134 valence electrons. The summed E-state index contributed by atoms with van der Waals surface area (Å²) in [5, 5.41) is 0. The first-order valence-electron chi connectivity index (χ1n) is 10.2. The van der Waals surface area contributed by atoms with Crippen LogP contribution in [-0.4, -0.2) is 50.0 Å². The summed E-state index contributed by atoms with van der Waals surface area (Å²) in [5.41, 5.74) is 0. The van der Waals surface area contributed by atoms with Gasteiger partial charge in [0.25, 0.3) is 0 Å². The van der Waals surface area contributed by atoms with Crippen molar-refractivity contribution in [1.29, 1.82) is 0 Å². The average Bonchev–Trinajstić information content (AvgIpc) is 3.09. The van der Waals surface area contributed by atoms with Gasteiger partial charge in [0, 0.05) is 13.2 Å². The predicted molar refractivity (Wildman–Crippen MR) is 94.7 cm³/mol. The van der Waals surface area contributed by atoms with Crippen LogP contribution in [0, 0.1) is 11.8 Å². The Kier molecular flexibility index (Phi) is 7.22. The van der Waals surface area contributed by atoms with Crippen molar-refractivity contribution in [3.8, 4) is 0 Å². The fourth-order valence-corrected chi connectivity index (χ4v) is 4.49. The largest absolute Gasteiger partial charge is 0.378 e. The Labute approximate surface area is 143 Å². The van der Waals surface area contributed by atoms with Gasteiger partial charge in [-0.3, -0.25) is 0 Å². The minimum atomic E-state index is 0.494. The lowest BCUT2D eigenvalue weighted by molar-refractivity contribution is -0.0457. The molecule has 23 heavy (non-hydrogen) atoms. The van der Waals surface area contributed by atoms with E-state index in [0.717, 1.165) is 31.6 Å². The molecule has 0 N–H and O–H groups in total. The third kappa shape index (κ3) is 6.03. The molecule has 0 unspecified atom stereocenters. The zero-order valence-electron chi connectivity index (χ0n) is 15.2. The van der Waals surface area contributed by atoms with Gasteiger partial charge in [-0.2, -0.15) is 0 Å². The SMILES string of the molecule is CC1CCC(COC2CCC(OCCN3CCCC3)CC2)CC1. The molecule has 1 aliphatic heterocycles. The molecule has 3 aliphatic rings. The highest BCUT2D eigenvalue weighted by molar-refractivity contribution is 4.75. The molecule has 0 aromatic carbocycles. The molecule has 0 amide bonds. The van der Waals surface area contributed by atoms with Gasteiger partial charge in [-0.15, -0.1) is 0 Å². The van der Waals surface area contributed by atoms with E-state index < -0.39 is 0 Å². The van der Waals surface area contributed by atoms with Gasteiger partial charge in [0.1, 0.15) is 0 Å². The van der Waals surface area contributed by atoms with Crippen molar-refractivity contribution in [3.05, 3.63) is 0 Å². The zero-order valence-corrected chi connectivity index (χ0v) is 15.2. The van der Waals surface area contributed by atoms with Crippen LogP contribution in [0.1, 0.15) is 71.1 Å². The van der Waals surface area contributed by atoms with E-state index in [-0.39, 0.29) is 0 Å².